The van der Waals surface area contributed by atoms with Gasteiger partial charge in [-0.05, 0) is 62.2 Å². The van der Waals surface area contributed by atoms with Crippen LogP contribution in [0.15, 0.2) is 36.4 Å². The van der Waals surface area contributed by atoms with Gasteiger partial charge in [0.2, 0.25) is 0 Å². The molecule has 3 N–H and O–H groups in total. The van der Waals surface area contributed by atoms with Gasteiger partial charge in [0.1, 0.15) is 0 Å². The normalized spacial score (nSPS) is 19.6. The van der Waals surface area contributed by atoms with Crippen LogP contribution in [0.1, 0.15) is 65.3 Å². The number of carbonyl (C=O) groups is 1. The molecule has 4 nitrogen and oxygen atoms in total. The Morgan fingerprint density at radius 2 is 1.86 bits per heavy atom. The van der Waals surface area contributed by atoms with Crippen LogP contribution >= 0.6 is 0 Å². The predicted molar refractivity (Wildman–Crippen MR) is 114 cm³/mol. The van der Waals surface area contributed by atoms with Crippen LogP contribution in [0.2, 0.25) is 0 Å². The molecule has 0 unspecified atom stereocenters. The number of nitrogens with one attached hydrogen (secondary N) is 1. The van der Waals surface area contributed by atoms with Crippen LogP contribution in [0.4, 0.5) is 5.69 Å². The maximum absolute atomic E-state index is 13.4. The minimum atomic E-state index is -0.256. The number of nitrogens with zero attached hydrogens (tertiary/aromatic N) is 1. The van der Waals surface area contributed by atoms with E-state index < -0.39 is 0 Å². The van der Waals surface area contributed by atoms with Gasteiger partial charge in [0, 0.05) is 33.3 Å². The van der Waals surface area contributed by atoms with E-state index in [-0.39, 0.29) is 11.2 Å². The summed E-state index contributed by atoms with van der Waals surface area (Å²) in [6, 6.07) is 12.3. The first-order chi connectivity index (χ1) is 13.4. The minimum Gasteiger partial charge on any atom is -0.399 e. The van der Waals surface area contributed by atoms with E-state index in [1.807, 2.05) is 18.2 Å². The molecule has 0 bridgehead atoms. The maximum atomic E-state index is 13.4. The van der Waals surface area contributed by atoms with Crippen molar-refractivity contribution < 1.29 is 4.79 Å². The van der Waals surface area contributed by atoms with E-state index in [1.165, 1.54) is 18.4 Å². The number of nitrogens with two attached hydrogens (primary N) is 1. The topological polar surface area (TPSA) is 62.1 Å². The number of aromatic nitrogens is 1. The highest BCUT2D eigenvalue weighted by molar-refractivity contribution is 6.20. The largest absolute Gasteiger partial charge is 0.399 e. The lowest BCUT2D eigenvalue weighted by atomic mass is 9.70. The fourth-order valence-electron chi connectivity index (χ4n) is 5.06. The summed E-state index contributed by atoms with van der Waals surface area (Å²) in [7, 11) is 2.19. The number of anilines is 1. The van der Waals surface area contributed by atoms with Crippen molar-refractivity contribution in [3.05, 3.63) is 64.3 Å². The molecule has 2 aliphatic rings. The Labute approximate surface area is 165 Å². The van der Waals surface area contributed by atoms with E-state index in [9.17, 15) is 4.79 Å². The third-order valence-electron chi connectivity index (χ3n) is 6.83. The third-order valence-corrected chi connectivity index (χ3v) is 6.83. The number of ketones is 1. The second-order valence-electron chi connectivity index (χ2n) is 9.02. The van der Waals surface area contributed by atoms with Crippen LogP contribution in [0.3, 0.4) is 0 Å². The molecule has 5 rings (SSSR count). The first-order valence-corrected chi connectivity index (χ1v) is 10.2. The van der Waals surface area contributed by atoms with E-state index in [0.29, 0.717) is 11.6 Å². The molecule has 1 aliphatic heterocycles. The number of benzene rings is 2. The average molecular weight is 374 g/mol. The number of hydrogen-bond donors (Lipinski definition) is 2. The van der Waals surface area contributed by atoms with Crippen LogP contribution in [0.5, 0.6) is 0 Å². The predicted octanol–water partition coefficient (Wildman–Crippen LogP) is 4.43. The summed E-state index contributed by atoms with van der Waals surface area (Å²) >= 11 is 0. The first kappa shape index (κ1) is 17.5. The Hall–Kier alpha value is -2.59. The number of aromatic amines is 1. The van der Waals surface area contributed by atoms with Gasteiger partial charge in [-0.15, -0.1) is 0 Å². The summed E-state index contributed by atoms with van der Waals surface area (Å²) in [5.74, 6) is 0.701. The summed E-state index contributed by atoms with van der Waals surface area (Å²) in [6.07, 6.45) is 2.36. The zero-order valence-corrected chi connectivity index (χ0v) is 16.8. The Morgan fingerprint density at radius 3 is 2.61 bits per heavy atom. The second-order valence-corrected chi connectivity index (χ2v) is 9.02. The fraction of sp³-hybridized carbons (Fsp3) is 0.375. The highest BCUT2D eigenvalue weighted by atomic mass is 16.1. The lowest BCUT2D eigenvalue weighted by Gasteiger charge is -2.34. The van der Waals surface area contributed by atoms with Gasteiger partial charge in [-0.3, -0.25) is 4.79 Å². The highest BCUT2D eigenvalue weighted by Crippen LogP contribution is 2.45. The summed E-state index contributed by atoms with van der Waals surface area (Å²) in [6.45, 7) is 6.71. The monoisotopic (exact) mass is 373 g/mol. The number of nitrogen functional groups attached to an aromatic ring is 1. The zero-order valence-electron chi connectivity index (χ0n) is 16.8. The molecule has 0 spiro atoms. The molecule has 0 atom stereocenters. The van der Waals surface area contributed by atoms with Crippen LogP contribution in [-0.4, -0.2) is 35.8 Å². The molecule has 3 aromatic rings. The quantitative estimate of drug-likeness (QED) is 0.620. The Morgan fingerprint density at radius 1 is 1.11 bits per heavy atom. The van der Waals surface area contributed by atoms with Gasteiger partial charge in [-0.1, -0.05) is 38.1 Å². The first-order valence-electron chi connectivity index (χ1n) is 10.2. The molecule has 4 heteroatoms. The number of rotatable bonds is 1. The third kappa shape index (κ3) is 2.44. The van der Waals surface area contributed by atoms with Crippen molar-refractivity contribution in [2.45, 2.75) is 38.0 Å². The van der Waals surface area contributed by atoms with Crippen molar-refractivity contribution in [1.29, 1.82) is 0 Å². The Kier molecular flexibility index (Phi) is 3.72. The van der Waals surface area contributed by atoms with E-state index in [2.05, 4.69) is 49.0 Å². The number of hydrogen-bond acceptors (Lipinski definition) is 3. The van der Waals surface area contributed by atoms with Crippen LogP contribution in [0.25, 0.3) is 10.9 Å². The summed E-state index contributed by atoms with van der Waals surface area (Å²) in [5.41, 5.74) is 12.5. The van der Waals surface area contributed by atoms with Crippen molar-refractivity contribution in [3.8, 4) is 0 Å². The van der Waals surface area contributed by atoms with Gasteiger partial charge in [-0.2, -0.15) is 0 Å². The molecule has 2 aromatic carbocycles. The van der Waals surface area contributed by atoms with Gasteiger partial charge in [0.15, 0.2) is 5.78 Å². The van der Waals surface area contributed by atoms with Gasteiger partial charge in [-0.25, -0.2) is 0 Å². The summed E-state index contributed by atoms with van der Waals surface area (Å²) in [5, 5.41) is 0.965. The molecule has 1 saturated heterocycles. The number of piperidine rings is 1. The second kappa shape index (κ2) is 5.95. The van der Waals surface area contributed by atoms with Crippen molar-refractivity contribution >= 4 is 22.4 Å². The number of fused-ring (bicyclic) bond motifs is 4. The SMILES string of the molecule is CN1CCC(c2ccc3c(c2)C(C)(C)c2[nH]c4cc(N)ccc4c2C3=O)CC1. The fourth-order valence-corrected chi connectivity index (χ4v) is 5.06. The smallest absolute Gasteiger partial charge is 0.195 e. The van der Waals surface area contributed by atoms with E-state index in [4.69, 9.17) is 5.73 Å². The molecule has 1 aliphatic carbocycles. The number of likely N-dealkylation sites (tertiary alicyclic amines) is 1. The zero-order chi connectivity index (χ0) is 19.6. The average Bonchev–Trinajstić information content (AvgIpc) is 3.06. The molecule has 144 valence electrons. The van der Waals surface area contributed by atoms with E-state index in [1.54, 1.807) is 0 Å². The lowest BCUT2D eigenvalue weighted by molar-refractivity contribution is 0.103. The molecule has 0 amide bonds. The highest BCUT2D eigenvalue weighted by Gasteiger charge is 2.40. The van der Waals surface area contributed by atoms with Gasteiger partial charge in [0.05, 0.1) is 5.56 Å². The molecule has 1 aromatic heterocycles. The summed E-state index contributed by atoms with van der Waals surface area (Å²) in [4.78, 5) is 19.3. The maximum Gasteiger partial charge on any atom is 0.195 e. The number of H-pyrrole nitrogens is 1. The summed E-state index contributed by atoms with van der Waals surface area (Å²) < 4.78 is 0. The molecule has 0 radical (unpaired) electrons. The lowest BCUT2D eigenvalue weighted by Crippen LogP contribution is -2.32. The van der Waals surface area contributed by atoms with Gasteiger partial charge >= 0.3 is 0 Å². The van der Waals surface area contributed by atoms with Crippen molar-refractivity contribution in [1.82, 2.24) is 9.88 Å². The van der Waals surface area contributed by atoms with Gasteiger partial charge < -0.3 is 15.6 Å². The molecular weight excluding hydrogens is 346 g/mol. The molecule has 28 heavy (non-hydrogen) atoms. The molecule has 2 heterocycles. The van der Waals surface area contributed by atoms with Crippen LogP contribution < -0.4 is 5.73 Å². The van der Waals surface area contributed by atoms with Gasteiger partial charge in [0.25, 0.3) is 0 Å². The van der Waals surface area contributed by atoms with Crippen molar-refractivity contribution in [3.63, 3.8) is 0 Å². The molecule has 0 saturated carbocycles. The molecular formula is C24H27N3O. The standard InChI is InChI=1S/C24H27N3O/c1-24(2)19-12-15(14-8-10-27(3)11-9-14)4-6-17(19)22(28)21-18-7-5-16(25)13-20(18)26-23(21)24/h4-7,12-14,26H,8-11,25H2,1-3H3. The van der Waals surface area contributed by atoms with Crippen molar-refractivity contribution in [2.75, 3.05) is 25.9 Å². The van der Waals surface area contributed by atoms with Crippen LogP contribution in [-0.2, 0) is 5.41 Å². The minimum absolute atomic E-state index is 0.121. The van der Waals surface area contributed by atoms with E-state index in [0.717, 1.165) is 46.4 Å². The molecule has 1 fully saturated rings. The van der Waals surface area contributed by atoms with E-state index >= 15 is 0 Å². The Balaban J connectivity index is 1.65. The van der Waals surface area contributed by atoms with Crippen LogP contribution in [0, 0.1) is 0 Å². The Bertz CT molecular complexity index is 1100. The van der Waals surface area contributed by atoms with Crippen molar-refractivity contribution in [2.24, 2.45) is 0 Å². The number of carbonyl (C=O) groups excluding carboxylic acids is 1.